The van der Waals surface area contributed by atoms with Crippen molar-refractivity contribution in [2.24, 2.45) is 0 Å². The van der Waals surface area contributed by atoms with Gasteiger partial charge in [-0.2, -0.15) is 0 Å². The van der Waals surface area contributed by atoms with Crippen LogP contribution in [0, 0.1) is 6.92 Å². The van der Waals surface area contributed by atoms with E-state index in [1.165, 1.54) is 23.5 Å². The smallest absolute Gasteiger partial charge is 0.175 e. The molecule has 21 heavy (non-hydrogen) atoms. The molecule has 2 aromatic heterocycles. The van der Waals surface area contributed by atoms with E-state index in [0.717, 1.165) is 16.1 Å². The van der Waals surface area contributed by atoms with Crippen molar-refractivity contribution in [3.63, 3.8) is 0 Å². The van der Waals surface area contributed by atoms with Crippen LogP contribution in [0.1, 0.15) is 5.01 Å². The highest BCUT2D eigenvalue weighted by Crippen LogP contribution is 2.29. The molecule has 2 heterocycles. The van der Waals surface area contributed by atoms with Crippen molar-refractivity contribution in [2.75, 3.05) is 6.26 Å². The normalized spacial score (nSPS) is 12.0. The first-order chi connectivity index (χ1) is 9.84. The number of benzene rings is 1. The van der Waals surface area contributed by atoms with Gasteiger partial charge in [-0.15, -0.1) is 11.3 Å². The highest BCUT2D eigenvalue weighted by molar-refractivity contribution is 7.90. The molecule has 0 saturated heterocycles. The second-order valence-corrected chi connectivity index (χ2v) is 8.14. The van der Waals surface area contributed by atoms with Gasteiger partial charge < -0.3 is 0 Å². The molecule has 1 aromatic carbocycles. The monoisotopic (exact) mass is 339 g/mol. The molecule has 0 aliphatic carbocycles. The zero-order chi connectivity index (χ0) is 15.2. The summed E-state index contributed by atoms with van der Waals surface area (Å²) in [6.45, 7) is 1.90. The second kappa shape index (κ2) is 5.01. The summed E-state index contributed by atoms with van der Waals surface area (Å²) in [6.07, 6.45) is 2.85. The fourth-order valence-corrected chi connectivity index (χ4v) is 3.47. The van der Waals surface area contributed by atoms with Gasteiger partial charge in [-0.3, -0.25) is 0 Å². The minimum Gasteiger partial charge on any atom is -0.249 e. The first kappa shape index (κ1) is 14.4. The molecule has 0 atom stereocenters. The van der Waals surface area contributed by atoms with Crippen molar-refractivity contribution < 1.29 is 8.42 Å². The third kappa shape index (κ3) is 2.76. The Kier molecular flexibility index (Phi) is 3.43. The van der Waals surface area contributed by atoms with E-state index in [-0.39, 0.29) is 10.0 Å². The minimum absolute atomic E-state index is 0.196. The van der Waals surface area contributed by atoms with Crippen LogP contribution >= 0.6 is 22.9 Å². The van der Waals surface area contributed by atoms with Gasteiger partial charge in [-0.05, 0) is 25.1 Å². The zero-order valence-corrected chi connectivity index (χ0v) is 13.6. The van der Waals surface area contributed by atoms with Gasteiger partial charge in [-0.1, -0.05) is 11.6 Å². The van der Waals surface area contributed by atoms with Crippen LogP contribution < -0.4 is 0 Å². The number of hydrogen-bond acceptors (Lipinski definition) is 6. The number of rotatable bonds is 2. The number of fused-ring (bicyclic) bond motifs is 1. The van der Waals surface area contributed by atoms with Gasteiger partial charge in [-0.25, -0.2) is 23.4 Å². The van der Waals surface area contributed by atoms with Crippen LogP contribution in [0.4, 0.5) is 0 Å². The van der Waals surface area contributed by atoms with E-state index in [1.54, 1.807) is 12.3 Å². The molecule has 0 aliphatic heterocycles. The van der Waals surface area contributed by atoms with Crippen LogP contribution in [0.3, 0.4) is 0 Å². The lowest BCUT2D eigenvalue weighted by atomic mass is 10.2. The molecular weight excluding hydrogens is 330 g/mol. The first-order valence-electron chi connectivity index (χ1n) is 5.95. The molecule has 0 bridgehead atoms. The van der Waals surface area contributed by atoms with Gasteiger partial charge in [0.1, 0.15) is 5.15 Å². The van der Waals surface area contributed by atoms with Gasteiger partial charge in [0.25, 0.3) is 0 Å². The van der Waals surface area contributed by atoms with Crippen LogP contribution in [0.25, 0.3) is 21.6 Å². The van der Waals surface area contributed by atoms with Crippen molar-refractivity contribution in [3.8, 4) is 10.7 Å². The third-order valence-corrected chi connectivity index (χ3v) is 5.20. The Morgan fingerprint density at radius 2 is 2.00 bits per heavy atom. The Labute approximate surface area is 130 Å². The van der Waals surface area contributed by atoms with E-state index in [4.69, 9.17) is 11.6 Å². The lowest BCUT2D eigenvalue weighted by molar-refractivity contribution is 0.602. The Morgan fingerprint density at radius 3 is 2.62 bits per heavy atom. The molecule has 0 saturated carbocycles. The van der Waals surface area contributed by atoms with Crippen LogP contribution in [0.5, 0.6) is 0 Å². The van der Waals surface area contributed by atoms with Crippen molar-refractivity contribution in [1.82, 2.24) is 15.0 Å². The molecule has 108 valence electrons. The molecule has 0 N–H and O–H groups in total. The number of nitrogens with zero attached hydrogens (tertiary/aromatic N) is 3. The third-order valence-electron chi connectivity index (χ3n) is 2.89. The fraction of sp³-hybridized carbons (Fsp3) is 0.154. The molecule has 0 aliphatic rings. The summed E-state index contributed by atoms with van der Waals surface area (Å²) in [5, 5.41) is 1.66. The summed E-state index contributed by atoms with van der Waals surface area (Å²) in [7, 11) is -3.29. The summed E-state index contributed by atoms with van der Waals surface area (Å²) in [5.74, 6) is 0.491. The van der Waals surface area contributed by atoms with Crippen molar-refractivity contribution in [1.29, 1.82) is 0 Å². The number of sulfone groups is 1. The standard InChI is InChI=1S/C13H10ClN3O2S2/c1-7-15-6-11(20-7)13-16-10-4-3-8(21(2,18)19)5-9(10)12(14)17-13/h3-6H,1-2H3. The number of aryl methyl sites for hydroxylation is 1. The topological polar surface area (TPSA) is 72.8 Å². The Hall–Kier alpha value is -1.57. The quantitative estimate of drug-likeness (QED) is 0.671. The van der Waals surface area contributed by atoms with E-state index in [1.807, 2.05) is 6.92 Å². The van der Waals surface area contributed by atoms with Gasteiger partial charge in [0.05, 0.1) is 20.3 Å². The predicted octanol–water partition coefficient (Wildman–Crippen LogP) is 3.12. The SMILES string of the molecule is Cc1ncc(-c2nc(Cl)c3cc(S(C)(=O)=O)ccc3n2)s1. The zero-order valence-electron chi connectivity index (χ0n) is 11.2. The molecule has 3 rings (SSSR count). The Balaban J connectivity index is 2.22. The number of aromatic nitrogens is 3. The van der Waals surface area contributed by atoms with Crippen LogP contribution in [-0.4, -0.2) is 29.6 Å². The summed E-state index contributed by atoms with van der Waals surface area (Å²) < 4.78 is 23.2. The first-order valence-corrected chi connectivity index (χ1v) is 9.03. The Bertz CT molecular complexity index is 951. The van der Waals surface area contributed by atoms with Gasteiger partial charge >= 0.3 is 0 Å². The molecule has 0 spiro atoms. The lowest BCUT2D eigenvalue weighted by Crippen LogP contribution is -1.98. The molecule has 3 aromatic rings. The molecule has 0 fully saturated rings. The molecule has 8 heteroatoms. The maximum atomic E-state index is 11.6. The summed E-state index contributed by atoms with van der Waals surface area (Å²) in [4.78, 5) is 13.8. The lowest BCUT2D eigenvalue weighted by Gasteiger charge is -2.05. The average molecular weight is 340 g/mol. The van der Waals surface area contributed by atoms with Gasteiger partial charge in [0.15, 0.2) is 15.7 Å². The summed E-state index contributed by atoms with van der Waals surface area (Å²) in [6, 6.07) is 4.65. The van der Waals surface area contributed by atoms with E-state index in [2.05, 4.69) is 15.0 Å². The maximum absolute atomic E-state index is 11.6. The minimum atomic E-state index is -3.29. The van der Waals surface area contributed by atoms with Crippen LogP contribution in [0.2, 0.25) is 5.15 Å². The predicted molar refractivity (Wildman–Crippen MR) is 83.5 cm³/mol. The summed E-state index contributed by atoms with van der Waals surface area (Å²) in [5.41, 5.74) is 0.600. The number of hydrogen-bond donors (Lipinski definition) is 0. The van der Waals surface area contributed by atoms with Crippen molar-refractivity contribution >= 4 is 43.7 Å². The molecular formula is C13H10ClN3O2S2. The van der Waals surface area contributed by atoms with Gasteiger partial charge in [0, 0.05) is 17.8 Å². The average Bonchev–Trinajstić information content (AvgIpc) is 2.84. The highest BCUT2D eigenvalue weighted by Gasteiger charge is 2.13. The number of thiazole rings is 1. The molecule has 0 unspecified atom stereocenters. The summed E-state index contributed by atoms with van der Waals surface area (Å²) >= 11 is 7.65. The van der Waals surface area contributed by atoms with Crippen molar-refractivity contribution in [2.45, 2.75) is 11.8 Å². The van der Waals surface area contributed by atoms with E-state index >= 15 is 0 Å². The van der Waals surface area contributed by atoms with E-state index < -0.39 is 9.84 Å². The molecule has 5 nitrogen and oxygen atoms in total. The second-order valence-electron chi connectivity index (χ2n) is 4.53. The number of halogens is 1. The molecule has 0 radical (unpaired) electrons. The van der Waals surface area contributed by atoms with Crippen LogP contribution in [0.15, 0.2) is 29.3 Å². The van der Waals surface area contributed by atoms with Crippen molar-refractivity contribution in [3.05, 3.63) is 34.6 Å². The molecule has 0 amide bonds. The van der Waals surface area contributed by atoms with E-state index in [9.17, 15) is 8.42 Å². The van der Waals surface area contributed by atoms with Crippen LogP contribution in [-0.2, 0) is 9.84 Å². The largest absolute Gasteiger partial charge is 0.249 e. The maximum Gasteiger partial charge on any atom is 0.175 e. The van der Waals surface area contributed by atoms with Gasteiger partial charge in [0.2, 0.25) is 0 Å². The fourth-order valence-electron chi connectivity index (χ4n) is 1.88. The van der Waals surface area contributed by atoms with E-state index in [0.29, 0.717) is 16.7 Å². The Morgan fingerprint density at radius 1 is 1.24 bits per heavy atom. The highest BCUT2D eigenvalue weighted by atomic mass is 35.5.